The van der Waals surface area contributed by atoms with Crippen LogP contribution in [-0.2, 0) is 13.6 Å². The van der Waals surface area contributed by atoms with Crippen LogP contribution in [0.1, 0.15) is 25.5 Å². The van der Waals surface area contributed by atoms with Crippen molar-refractivity contribution in [3.05, 3.63) is 34.3 Å². The molecule has 4 nitrogen and oxygen atoms in total. The molecule has 0 saturated carbocycles. The molecule has 2 N–H and O–H groups in total. The predicted octanol–water partition coefficient (Wildman–Crippen LogP) is 3.72. The van der Waals surface area contributed by atoms with Gasteiger partial charge in [-0.05, 0) is 18.6 Å². The van der Waals surface area contributed by atoms with Gasteiger partial charge in [0.15, 0.2) is 0 Å². The SMILES string of the molecule is CCOP(=O)(CC)OCC(N)c1ccccc1Br. The van der Waals surface area contributed by atoms with Gasteiger partial charge in [-0.1, -0.05) is 41.1 Å². The van der Waals surface area contributed by atoms with Gasteiger partial charge in [0, 0.05) is 10.6 Å². The van der Waals surface area contributed by atoms with Gasteiger partial charge in [0.25, 0.3) is 0 Å². The zero-order valence-electron chi connectivity index (χ0n) is 10.6. The molecule has 18 heavy (non-hydrogen) atoms. The summed E-state index contributed by atoms with van der Waals surface area (Å²) >= 11 is 3.43. The molecule has 2 atom stereocenters. The number of nitrogens with two attached hydrogens (primary N) is 1. The normalized spacial score (nSPS) is 16.2. The molecular formula is C12H19BrNO3P. The Labute approximate surface area is 117 Å². The third-order valence-electron chi connectivity index (χ3n) is 2.47. The maximum atomic E-state index is 12.1. The van der Waals surface area contributed by atoms with E-state index >= 15 is 0 Å². The number of halogens is 1. The molecule has 2 unspecified atom stereocenters. The average molecular weight is 336 g/mol. The van der Waals surface area contributed by atoms with E-state index in [9.17, 15) is 4.57 Å². The van der Waals surface area contributed by atoms with Crippen molar-refractivity contribution >= 4 is 23.5 Å². The zero-order valence-corrected chi connectivity index (χ0v) is 13.1. The van der Waals surface area contributed by atoms with Crippen molar-refractivity contribution in [2.24, 2.45) is 5.73 Å². The molecule has 0 aromatic heterocycles. The van der Waals surface area contributed by atoms with E-state index in [1.54, 1.807) is 13.8 Å². The Morgan fingerprint density at radius 1 is 1.33 bits per heavy atom. The van der Waals surface area contributed by atoms with Crippen molar-refractivity contribution in [2.75, 3.05) is 19.4 Å². The van der Waals surface area contributed by atoms with Crippen LogP contribution in [0.5, 0.6) is 0 Å². The van der Waals surface area contributed by atoms with Gasteiger partial charge in [-0.3, -0.25) is 4.57 Å². The predicted molar refractivity (Wildman–Crippen MR) is 76.8 cm³/mol. The second-order valence-corrected chi connectivity index (χ2v) is 6.99. The Hall–Kier alpha value is -0.190. The van der Waals surface area contributed by atoms with E-state index in [1.165, 1.54) is 0 Å². The fourth-order valence-electron chi connectivity index (χ4n) is 1.48. The fourth-order valence-corrected chi connectivity index (χ4v) is 3.28. The Morgan fingerprint density at radius 3 is 2.56 bits per heavy atom. The first-order chi connectivity index (χ1) is 8.52. The molecule has 0 bridgehead atoms. The van der Waals surface area contributed by atoms with Gasteiger partial charge in [0.05, 0.1) is 19.3 Å². The van der Waals surface area contributed by atoms with Crippen LogP contribution in [0.25, 0.3) is 0 Å². The first kappa shape index (κ1) is 15.9. The molecule has 1 aromatic rings. The zero-order chi connectivity index (χ0) is 13.6. The molecule has 0 heterocycles. The molecule has 1 aromatic carbocycles. The van der Waals surface area contributed by atoms with E-state index in [4.69, 9.17) is 14.8 Å². The Bertz CT molecular complexity index is 428. The van der Waals surface area contributed by atoms with Crippen molar-refractivity contribution in [3.63, 3.8) is 0 Å². The molecule has 0 aliphatic carbocycles. The second-order valence-electron chi connectivity index (χ2n) is 3.77. The summed E-state index contributed by atoms with van der Waals surface area (Å²) in [6.07, 6.45) is 0.351. The second kappa shape index (κ2) is 7.41. The van der Waals surface area contributed by atoms with Crippen LogP contribution in [0.2, 0.25) is 0 Å². The number of hydrogen-bond donors (Lipinski definition) is 1. The summed E-state index contributed by atoms with van der Waals surface area (Å²) in [4.78, 5) is 0. The van der Waals surface area contributed by atoms with Crippen LogP contribution >= 0.6 is 23.5 Å². The Balaban J connectivity index is 2.63. The van der Waals surface area contributed by atoms with Crippen molar-refractivity contribution in [2.45, 2.75) is 19.9 Å². The smallest absolute Gasteiger partial charge is 0.322 e. The van der Waals surface area contributed by atoms with E-state index in [0.29, 0.717) is 12.8 Å². The molecular weight excluding hydrogens is 317 g/mol. The van der Waals surface area contributed by atoms with E-state index < -0.39 is 7.60 Å². The van der Waals surface area contributed by atoms with Gasteiger partial charge >= 0.3 is 7.60 Å². The quantitative estimate of drug-likeness (QED) is 0.771. The first-order valence-corrected chi connectivity index (χ1v) is 8.42. The molecule has 0 fully saturated rings. The molecule has 0 spiro atoms. The number of benzene rings is 1. The Kier molecular flexibility index (Phi) is 6.53. The lowest BCUT2D eigenvalue weighted by Crippen LogP contribution is -2.17. The summed E-state index contributed by atoms with van der Waals surface area (Å²) in [7, 11) is -2.98. The molecule has 0 amide bonds. The lowest BCUT2D eigenvalue weighted by Gasteiger charge is -2.19. The maximum absolute atomic E-state index is 12.1. The highest BCUT2D eigenvalue weighted by Gasteiger charge is 2.23. The van der Waals surface area contributed by atoms with E-state index in [2.05, 4.69) is 15.9 Å². The maximum Gasteiger partial charge on any atom is 0.330 e. The standard InChI is InChI=1S/C12H19BrNO3P/c1-3-16-18(15,4-2)17-9-12(14)10-7-5-6-8-11(10)13/h5-8,12H,3-4,9,14H2,1-2H3. The number of rotatable bonds is 7. The van der Waals surface area contributed by atoms with E-state index in [1.807, 2.05) is 24.3 Å². The molecule has 0 radical (unpaired) electrons. The van der Waals surface area contributed by atoms with E-state index in [-0.39, 0.29) is 12.6 Å². The molecule has 0 aliphatic heterocycles. The highest BCUT2D eigenvalue weighted by atomic mass is 79.9. The lowest BCUT2D eigenvalue weighted by molar-refractivity contribution is 0.202. The molecule has 102 valence electrons. The fraction of sp³-hybridized carbons (Fsp3) is 0.500. The lowest BCUT2D eigenvalue weighted by atomic mass is 10.1. The third kappa shape index (κ3) is 4.48. The van der Waals surface area contributed by atoms with Gasteiger partial charge in [0.2, 0.25) is 0 Å². The minimum atomic E-state index is -2.98. The van der Waals surface area contributed by atoms with Crippen molar-refractivity contribution in [1.29, 1.82) is 0 Å². The van der Waals surface area contributed by atoms with Crippen molar-refractivity contribution in [3.8, 4) is 0 Å². The van der Waals surface area contributed by atoms with Gasteiger partial charge < -0.3 is 14.8 Å². The minimum absolute atomic E-state index is 0.174. The van der Waals surface area contributed by atoms with Gasteiger partial charge in [-0.2, -0.15) is 0 Å². The van der Waals surface area contributed by atoms with Crippen LogP contribution in [0, 0.1) is 0 Å². The summed E-state index contributed by atoms with van der Waals surface area (Å²) in [6, 6.07) is 7.31. The molecule has 6 heteroatoms. The highest BCUT2D eigenvalue weighted by Crippen LogP contribution is 2.48. The van der Waals surface area contributed by atoms with Gasteiger partial charge in [0.1, 0.15) is 0 Å². The molecule has 0 saturated heterocycles. The van der Waals surface area contributed by atoms with E-state index in [0.717, 1.165) is 10.0 Å². The summed E-state index contributed by atoms with van der Waals surface area (Å²) in [5.74, 6) is 0. The topological polar surface area (TPSA) is 61.5 Å². The van der Waals surface area contributed by atoms with Gasteiger partial charge in [-0.25, -0.2) is 0 Å². The number of hydrogen-bond acceptors (Lipinski definition) is 4. The summed E-state index contributed by atoms with van der Waals surface area (Å²) < 4.78 is 23.6. The van der Waals surface area contributed by atoms with Gasteiger partial charge in [-0.15, -0.1) is 0 Å². The summed E-state index contributed by atoms with van der Waals surface area (Å²) in [5, 5.41) is 0. The minimum Gasteiger partial charge on any atom is -0.322 e. The van der Waals surface area contributed by atoms with Crippen molar-refractivity contribution < 1.29 is 13.6 Å². The molecule has 1 rings (SSSR count). The highest BCUT2D eigenvalue weighted by molar-refractivity contribution is 9.10. The monoisotopic (exact) mass is 335 g/mol. The Morgan fingerprint density at radius 2 is 2.00 bits per heavy atom. The van der Waals surface area contributed by atoms with Crippen LogP contribution in [0.15, 0.2) is 28.7 Å². The first-order valence-electron chi connectivity index (χ1n) is 5.90. The van der Waals surface area contributed by atoms with Crippen LogP contribution in [0.3, 0.4) is 0 Å². The molecule has 0 aliphatic rings. The third-order valence-corrected chi connectivity index (χ3v) is 5.16. The summed E-state index contributed by atoms with van der Waals surface area (Å²) in [6.45, 7) is 4.11. The summed E-state index contributed by atoms with van der Waals surface area (Å²) in [5.41, 5.74) is 6.95. The van der Waals surface area contributed by atoms with Crippen LogP contribution < -0.4 is 5.73 Å². The van der Waals surface area contributed by atoms with Crippen LogP contribution in [0.4, 0.5) is 0 Å². The largest absolute Gasteiger partial charge is 0.330 e. The average Bonchev–Trinajstić information content (AvgIpc) is 2.37. The van der Waals surface area contributed by atoms with Crippen molar-refractivity contribution in [1.82, 2.24) is 0 Å². The van der Waals surface area contributed by atoms with Crippen LogP contribution in [-0.4, -0.2) is 19.4 Å².